The molecule has 33 heavy (non-hydrogen) atoms. The third kappa shape index (κ3) is 6.75. The van der Waals surface area contributed by atoms with E-state index in [-0.39, 0.29) is 5.91 Å². The number of anilines is 2. The molecule has 5 nitrogen and oxygen atoms in total. The van der Waals surface area contributed by atoms with Gasteiger partial charge in [0.05, 0.1) is 17.9 Å². The summed E-state index contributed by atoms with van der Waals surface area (Å²) in [7, 11) is 3.63. The Morgan fingerprint density at radius 2 is 1.88 bits per heavy atom. The lowest BCUT2D eigenvalue weighted by Crippen LogP contribution is -2.47. The van der Waals surface area contributed by atoms with Crippen molar-refractivity contribution in [2.75, 3.05) is 63.6 Å². The van der Waals surface area contributed by atoms with Crippen LogP contribution in [0.3, 0.4) is 0 Å². The van der Waals surface area contributed by atoms with E-state index in [9.17, 15) is 4.79 Å². The first-order valence-corrected chi connectivity index (χ1v) is 12.9. The van der Waals surface area contributed by atoms with Crippen LogP contribution in [0, 0.1) is 11.3 Å². The van der Waals surface area contributed by atoms with Crippen molar-refractivity contribution in [2.24, 2.45) is 11.3 Å². The number of carbonyl (C=O) groups is 1. The molecule has 0 bridgehead atoms. The second-order valence-corrected chi connectivity index (χ2v) is 11.1. The van der Waals surface area contributed by atoms with E-state index in [1.807, 2.05) is 14.1 Å². The van der Waals surface area contributed by atoms with Crippen molar-refractivity contribution in [3.63, 3.8) is 0 Å². The number of rotatable bonds is 8. The summed E-state index contributed by atoms with van der Waals surface area (Å²) in [6.45, 7) is 15.2. The van der Waals surface area contributed by atoms with E-state index in [1.165, 1.54) is 42.6 Å². The predicted octanol–water partition coefficient (Wildman–Crippen LogP) is 5.34. The molecule has 0 radical (unpaired) electrons. The van der Waals surface area contributed by atoms with E-state index in [0.717, 1.165) is 50.6 Å². The Balaban J connectivity index is 1.86. The number of nitrogens with one attached hydrogen (secondary N) is 1. The van der Waals surface area contributed by atoms with Crippen molar-refractivity contribution in [1.29, 1.82) is 0 Å². The summed E-state index contributed by atoms with van der Waals surface area (Å²) in [5, 5.41) is 3.48. The molecule has 1 aromatic carbocycles. The minimum atomic E-state index is 0.0978. The molecule has 1 aliphatic heterocycles. The number of unbranched alkanes of at least 4 members (excludes halogenated alkanes) is 1. The number of para-hydroxylation sites is 1. The highest BCUT2D eigenvalue weighted by Gasteiger charge is 2.29. The number of allylic oxidation sites excluding steroid dienone is 2. The predicted molar refractivity (Wildman–Crippen MR) is 142 cm³/mol. The van der Waals surface area contributed by atoms with Gasteiger partial charge in [-0.25, -0.2) is 0 Å². The van der Waals surface area contributed by atoms with Gasteiger partial charge in [0, 0.05) is 45.8 Å². The summed E-state index contributed by atoms with van der Waals surface area (Å²) in [5.74, 6) is 0.839. The van der Waals surface area contributed by atoms with Crippen molar-refractivity contribution in [3.05, 3.63) is 29.8 Å². The number of likely N-dealkylation sites (N-methyl/N-ethyl adjacent to an activating group) is 1. The molecular formula is C28H46N4O. The van der Waals surface area contributed by atoms with Gasteiger partial charge in [-0.2, -0.15) is 0 Å². The average Bonchev–Trinajstić information content (AvgIpc) is 2.80. The number of hydrogen-bond donors (Lipinski definition) is 1. The van der Waals surface area contributed by atoms with Crippen LogP contribution >= 0.6 is 0 Å². The molecule has 3 rings (SSSR count). The van der Waals surface area contributed by atoms with Crippen LogP contribution in [0.25, 0.3) is 5.57 Å². The number of nitrogens with zero attached hydrogens (tertiary/aromatic N) is 3. The Morgan fingerprint density at radius 1 is 1.15 bits per heavy atom. The van der Waals surface area contributed by atoms with Crippen LogP contribution in [0.4, 0.5) is 11.4 Å². The van der Waals surface area contributed by atoms with Crippen LogP contribution in [-0.4, -0.2) is 69.1 Å². The molecule has 1 atom stereocenters. The van der Waals surface area contributed by atoms with Crippen LogP contribution < -0.4 is 10.2 Å². The van der Waals surface area contributed by atoms with Gasteiger partial charge in [-0.05, 0) is 55.2 Å². The Bertz CT molecular complexity index is 816. The van der Waals surface area contributed by atoms with E-state index >= 15 is 0 Å². The quantitative estimate of drug-likeness (QED) is 0.576. The molecule has 1 saturated heterocycles. The monoisotopic (exact) mass is 454 g/mol. The summed E-state index contributed by atoms with van der Waals surface area (Å²) < 4.78 is 0. The van der Waals surface area contributed by atoms with Crippen molar-refractivity contribution in [2.45, 2.75) is 59.8 Å². The summed E-state index contributed by atoms with van der Waals surface area (Å²) in [4.78, 5) is 19.1. The van der Waals surface area contributed by atoms with Gasteiger partial charge in [-0.15, -0.1) is 0 Å². The molecule has 1 unspecified atom stereocenters. The maximum Gasteiger partial charge on any atom is 0.241 e. The topological polar surface area (TPSA) is 38.8 Å². The van der Waals surface area contributed by atoms with Gasteiger partial charge < -0.3 is 15.1 Å². The molecule has 1 fully saturated rings. The average molecular weight is 455 g/mol. The van der Waals surface area contributed by atoms with Gasteiger partial charge >= 0.3 is 0 Å². The molecule has 1 N–H and O–H groups in total. The number of amides is 1. The van der Waals surface area contributed by atoms with Crippen LogP contribution in [0.5, 0.6) is 0 Å². The zero-order chi connectivity index (χ0) is 24.0. The smallest absolute Gasteiger partial charge is 0.241 e. The minimum absolute atomic E-state index is 0.0978. The van der Waals surface area contributed by atoms with Gasteiger partial charge in [0.1, 0.15) is 0 Å². The van der Waals surface area contributed by atoms with Crippen molar-refractivity contribution in [1.82, 2.24) is 9.80 Å². The Kier molecular flexibility index (Phi) is 8.86. The van der Waals surface area contributed by atoms with E-state index in [2.05, 4.69) is 67.1 Å². The van der Waals surface area contributed by atoms with E-state index in [4.69, 9.17) is 0 Å². The van der Waals surface area contributed by atoms with Crippen molar-refractivity contribution >= 4 is 22.9 Å². The number of hydrogen-bond acceptors (Lipinski definition) is 4. The van der Waals surface area contributed by atoms with Gasteiger partial charge in [0.15, 0.2) is 0 Å². The zero-order valence-corrected chi connectivity index (χ0v) is 21.9. The number of piperazine rings is 1. The largest absolute Gasteiger partial charge is 0.374 e. The van der Waals surface area contributed by atoms with Gasteiger partial charge in [0.2, 0.25) is 5.91 Å². The number of benzene rings is 1. The Morgan fingerprint density at radius 3 is 2.45 bits per heavy atom. The second kappa shape index (κ2) is 11.4. The molecule has 1 aromatic rings. The molecule has 2 aliphatic rings. The lowest BCUT2D eigenvalue weighted by molar-refractivity contribution is -0.126. The SMILES string of the molecule is CCCCN1CCN(c2c(NCC(=O)N(C)C)cccc2C2=CCC(C(C)(C)C)CC2)CC1. The second-order valence-electron chi connectivity index (χ2n) is 11.1. The highest BCUT2D eigenvalue weighted by Crippen LogP contribution is 2.43. The summed E-state index contributed by atoms with van der Waals surface area (Å²) in [6, 6.07) is 6.59. The molecule has 0 saturated carbocycles. The van der Waals surface area contributed by atoms with Crippen LogP contribution in [-0.2, 0) is 4.79 Å². The molecule has 1 aliphatic carbocycles. The van der Waals surface area contributed by atoms with E-state index in [1.54, 1.807) is 4.90 Å². The van der Waals surface area contributed by atoms with E-state index < -0.39 is 0 Å². The maximum absolute atomic E-state index is 12.3. The van der Waals surface area contributed by atoms with Crippen molar-refractivity contribution in [3.8, 4) is 0 Å². The van der Waals surface area contributed by atoms with Gasteiger partial charge in [-0.3, -0.25) is 9.69 Å². The van der Waals surface area contributed by atoms with Crippen LogP contribution in [0.15, 0.2) is 24.3 Å². The van der Waals surface area contributed by atoms with Crippen LogP contribution in [0.1, 0.15) is 65.4 Å². The Hall–Kier alpha value is -2.01. The first kappa shape index (κ1) is 25.6. The fourth-order valence-electron chi connectivity index (χ4n) is 5.06. The fraction of sp³-hybridized carbons (Fsp3) is 0.679. The molecule has 1 heterocycles. The lowest BCUT2D eigenvalue weighted by Gasteiger charge is -2.39. The first-order chi connectivity index (χ1) is 15.7. The van der Waals surface area contributed by atoms with Gasteiger partial charge in [-0.1, -0.05) is 52.3 Å². The normalized spacial score (nSPS) is 19.9. The van der Waals surface area contributed by atoms with Gasteiger partial charge in [0.25, 0.3) is 0 Å². The minimum Gasteiger partial charge on any atom is -0.374 e. The Labute approximate surface area is 202 Å². The summed E-state index contributed by atoms with van der Waals surface area (Å²) in [5.41, 5.74) is 5.56. The summed E-state index contributed by atoms with van der Waals surface area (Å²) >= 11 is 0. The zero-order valence-electron chi connectivity index (χ0n) is 21.9. The maximum atomic E-state index is 12.3. The molecule has 5 heteroatoms. The van der Waals surface area contributed by atoms with E-state index in [0.29, 0.717) is 12.0 Å². The van der Waals surface area contributed by atoms with Crippen molar-refractivity contribution < 1.29 is 4.79 Å². The van der Waals surface area contributed by atoms with Crippen LogP contribution in [0.2, 0.25) is 0 Å². The third-order valence-electron chi connectivity index (χ3n) is 7.46. The molecule has 0 spiro atoms. The molecular weight excluding hydrogens is 408 g/mol. The first-order valence-electron chi connectivity index (χ1n) is 12.9. The number of carbonyl (C=O) groups excluding carboxylic acids is 1. The fourth-order valence-corrected chi connectivity index (χ4v) is 5.06. The highest BCUT2D eigenvalue weighted by atomic mass is 16.2. The summed E-state index contributed by atoms with van der Waals surface area (Å²) in [6.07, 6.45) is 8.55. The lowest BCUT2D eigenvalue weighted by atomic mass is 9.72. The third-order valence-corrected chi connectivity index (χ3v) is 7.46. The highest BCUT2D eigenvalue weighted by molar-refractivity contribution is 5.88. The molecule has 0 aromatic heterocycles. The molecule has 1 amide bonds. The molecule has 184 valence electrons. The standard InChI is InChI=1S/C28H46N4O/c1-7-8-16-31-17-19-32(20-18-31)27-24(22-12-14-23(15-13-22)28(2,3)4)10-9-11-25(27)29-21-26(33)30(5)6/h9-12,23,29H,7-8,13-21H2,1-6H3.